The average molecular weight is 254 g/mol. The van der Waals surface area contributed by atoms with Crippen LogP contribution in [-0.4, -0.2) is 17.7 Å². The number of halogens is 2. The fourth-order valence-corrected chi connectivity index (χ4v) is 2.14. The fraction of sp³-hybridized carbons (Fsp3) is 0.308. The number of alkyl halides is 2. The summed E-state index contributed by atoms with van der Waals surface area (Å²) in [5.74, 6) is -0.879. The molecule has 0 fully saturated rings. The standard InChI is InChI=1S/C13H12F2O3/c14-12(15)18-10-5-3-9(4-6-10)13(11(16)17)7-1-2-8-13/h1-6,12H,7-8H2,(H,16,17). The van der Waals surface area contributed by atoms with Gasteiger partial charge in [-0.1, -0.05) is 24.3 Å². The lowest BCUT2D eigenvalue weighted by molar-refractivity contribution is -0.143. The van der Waals surface area contributed by atoms with Crippen molar-refractivity contribution in [3.8, 4) is 5.75 Å². The third-order valence-corrected chi connectivity index (χ3v) is 3.14. The van der Waals surface area contributed by atoms with E-state index >= 15 is 0 Å². The van der Waals surface area contributed by atoms with Crippen LogP contribution in [0.25, 0.3) is 0 Å². The van der Waals surface area contributed by atoms with E-state index in [0.29, 0.717) is 18.4 Å². The number of hydrogen-bond acceptors (Lipinski definition) is 2. The Labute approximate surface area is 103 Å². The molecule has 0 aromatic heterocycles. The van der Waals surface area contributed by atoms with Gasteiger partial charge in [-0.3, -0.25) is 4.79 Å². The van der Waals surface area contributed by atoms with Gasteiger partial charge in [0.2, 0.25) is 0 Å². The quantitative estimate of drug-likeness (QED) is 0.840. The molecule has 3 nitrogen and oxygen atoms in total. The molecule has 0 bridgehead atoms. The largest absolute Gasteiger partial charge is 0.481 e. The predicted molar refractivity (Wildman–Crippen MR) is 60.8 cm³/mol. The molecule has 1 aromatic rings. The van der Waals surface area contributed by atoms with Gasteiger partial charge < -0.3 is 9.84 Å². The minimum absolute atomic E-state index is 0.0280. The van der Waals surface area contributed by atoms with Crippen LogP contribution in [0.15, 0.2) is 36.4 Å². The van der Waals surface area contributed by atoms with Crippen molar-refractivity contribution in [2.45, 2.75) is 24.9 Å². The monoisotopic (exact) mass is 254 g/mol. The van der Waals surface area contributed by atoms with Crippen molar-refractivity contribution in [3.05, 3.63) is 42.0 Å². The van der Waals surface area contributed by atoms with Gasteiger partial charge in [-0.15, -0.1) is 0 Å². The Balaban J connectivity index is 2.25. The Morgan fingerprint density at radius 3 is 2.22 bits per heavy atom. The highest BCUT2D eigenvalue weighted by Crippen LogP contribution is 2.38. The molecular formula is C13H12F2O3. The van der Waals surface area contributed by atoms with Crippen molar-refractivity contribution in [2.75, 3.05) is 0 Å². The highest BCUT2D eigenvalue weighted by atomic mass is 19.3. The predicted octanol–water partition coefficient (Wildman–Crippen LogP) is 2.96. The van der Waals surface area contributed by atoms with E-state index in [1.807, 2.05) is 12.2 Å². The molecule has 0 heterocycles. The minimum atomic E-state index is -2.88. The van der Waals surface area contributed by atoms with Gasteiger partial charge in [0, 0.05) is 0 Å². The molecule has 0 saturated heterocycles. The number of allylic oxidation sites excluding steroid dienone is 2. The van der Waals surface area contributed by atoms with Gasteiger partial charge in [-0.25, -0.2) is 0 Å². The number of carboxylic acids is 1. The molecule has 0 saturated carbocycles. The molecular weight excluding hydrogens is 242 g/mol. The average Bonchev–Trinajstić information content (AvgIpc) is 2.79. The lowest BCUT2D eigenvalue weighted by Crippen LogP contribution is -2.32. The molecule has 0 aliphatic heterocycles. The summed E-state index contributed by atoms with van der Waals surface area (Å²) >= 11 is 0. The number of hydrogen-bond donors (Lipinski definition) is 1. The first kappa shape index (κ1) is 12.5. The van der Waals surface area contributed by atoms with Crippen LogP contribution in [0, 0.1) is 0 Å². The number of aliphatic carboxylic acids is 1. The molecule has 0 atom stereocenters. The van der Waals surface area contributed by atoms with Crippen LogP contribution in [0.3, 0.4) is 0 Å². The van der Waals surface area contributed by atoms with Crippen LogP contribution >= 0.6 is 0 Å². The fourth-order valence-electron chi connectivity index (χ4n) is 2.14. The number of benzene rings is 1. The zero-order valence-electron chi connectivity index (χ0n) is 9.48. The SMILES string of the molecule is O=C(O)C1(c2ccc(OC(F)F)cc2)CC=CC1. The molecule has 2 rings (SSSR count). The normalized spacial score (nSPS) is 17.1. The molecule has 1 aromatic carbocycles. The van der Waals surface area contributed by atoms with Crippen molar-refractivity contribution < 1.29 is 23.4 Å². The molecule has 1 N–H and O–H groups in total. The number of carboxylic acid groups (broad SMARTS) is 1. The first-order chi connectivity index (χ1) is 8.54. The van der Waals surface area contributed by atoms with E-state index in [0.717, 1.165) is 0 Å². The summed E-state index contributed by atoms with van der Waals surface area (Å²) in [5.41, 5.74) is -0.370. The lowest BCUT2D eigenvalue weighted by atomic mass is 9.78. The van der Waals surface area contributed by atoms with E-state index in [-0.39, 0.29) is 5.75 Å². The Bertz CT molecular complexity index is 458. The van der Waals surface area contributed by atoms with E-state index in [4.69, 9.17) is 0 Å². The maximum atomic E-state index is 12.0. The summed E-state index contributed by atoms with van der Waals surface area (Å²) in [7, 11) is 0. The maximum Gasteiger partial charge on any atom is 0.387 e. The van der Waals surface area contributed by atoms with E-state index in [1.165, 1.54) is 24.3 Å². The molecule has 5 heteroatoms. The first-order valence-electron chi connectivity index (χ1n) is 5.48. The van der Waals surface area contributed by atoms with E-state index in [9.17, 15) is 18.7 Å². The Hall–Kier alpha value is -1.91. The lowest BCUT2D eigenvalue weighted by Gasteiger charge is -2.24. The first-order valence-corrected chi connectivity index (χ1v) is 5.48. The topological polar surface area (TPSA) is 46.5 Å². The van der Waals surface area contributed by atoms with Crippen molar-refractivity contribution in [2.24, 2.45) is 0 Å². The van der Waals surface area contributed by atoms with Gasteiger partial charge in [0.25, 0.3) is 0 Å². The second-order valence-corrected chi connectivity index (χ2v) is 4.17. The highest BCUT2D eigenvalue weighted by Gasteiger charge is 2.40. The third-order valence-electron chi connectivity index (χ3n) is 3.14. The van der Waals surface area contributed by atoms with Gasteiger partial charge in [-0.2, -0.15) is 8.78 Å². The molecule has 0 amide bonds. The Morgan fingerprint density at radius 1 is 1.22 bits per heavy atom. The summed E-state index contributed by atoms with van der Waals surface area (Å²) in [5, 5.41) is 9.34. The summed E-state index contributed by atoms with van der Waals surface area (Å²) < 4.78 is 28.2. The molecule has 1 aliphatic rings. The van der Waals surface area contributed by atoms with Gasteiger partial charge in [0.05, 0.1) is 5.41 Å². The molecule has 18 heavy (non-hydrogen) atoms. The number of carbonyl (C=O) groups is 1. The van der Waals surface area contributed by atoms with Gasteiger partial charge in [0.15, 0.2) is 0 Å². The molecule has 1 aliphatic carbocycles. The second-order valence-electron chi connectivity index (χ2n) is 4.17. The van der Waals surface area contributed by atoms with Gasteiger partial charge >= 0.3 is 12.6 Å². The minimum Gasteiger partial charge on any atom is -0.481 e. The summed E-state index contributed by atoms with van der Waals surface area (Å²) in [4.78, 5) is 11.4. The van der Waals surface area contributed by atoms with Crippen LogP contribution in [0.5, 0.6) is 5.75 Å². The summed E-state index contributed by atoms with van der Waals surface area (Å²) in [6.07, 6.45) is 4.46. The van der Waals surface area contributed by atoms with E-state index < -0.39 is 18.0 Å². The van der Waals surface area contributed by atoms with Gasteiger partial charge in [0.1, 0.15) is 5.75 Å². The van der Waals surface area contributed by atoms with Crippen LogP contribution in [0.1, 0.15) is 18.4 Å². The van der Waals surface area contributed by atoms with Crippen LogP contribution in [0.4, 0.5) is 8.78 Å². The van der Waals surface area contributed by atoms with Crippen molar-refractivity contribution >= 4 is 5.97 Å². The summed E-state index contributed by atoms with van der Waals surface area (Å²) in [6.45, 7) is -2.88. The molecule has 0 unspecified atom stereocenters. The third kappa shape index (κ3) is 2.20. The molecule has 96 valence electrons. The van der Waals surface area contributed by atoms with Crippen molar-refractivity contribution in [1.29, 1.82) is 0 Å². The summed E-state index contributed by atoms with van der Waals surface area (Å²) in [6, 6.07) is 5.78. The number of ether oxygens (including phenoxy) is 1. The van der Waals surface area contributed by atoms with E-state index in [2.05, 4.69) is 4.74 Å². The molecule has 0 radical (unpaired) electrons. The van der Waals surface area contributed by atoms with Crippen LogP contribution in [0.2, 0.25) is 0 Å². The van der Waals surface area contributed by atoms with Crippen molar-refractivity contribution in [1.82, 2.24) is 0 Å². The van der Waals surface area contributed by atoms with E-state index in [1.54, 1.807) is 0 Å². The highest BCUT2D eigenvalue weighted by molar-refractivity contribution is 5.82. The van der Waals surface area contributed by atoms with Crippen molar-refractivity contribution in [3.63, 3.8) is 0 Å². The zero-order valence-corrected chi connectivity index (χ0v) is 9.48. The van der Waals surface area contributed by atoms with Gasteiger partial charge in [-0.05, 0) is 30.5 Å². The molecule has 0 spiro atoms. The van der Waals surface area contributed by atoms with Crippen LogP contribution < -0.4 is 4.74 Å². The Morgan fingerprint density at radius 2 is 1.78 bits per heavy atom. The van der Waals surface area contributed by atoms with Crippen LogP contribution in [-0.2, 0) is 10.2 Å². The Kier molecular flexibility index (Phi) is 3.32. The smallest absolute Gasteiger partial charge is 0.387 e. The number of rotatable bonds is 4. The maximum absolute atomic E-state index is 12.0. The zero-order chi connectivity index (χ0) is 13.2. The second kappa shape index (κ2) is 4.76.